The Balaban J connectivity index is 1.57. The maximum absolute atomic E-state index is 13.1. The zero-order valence-corrected chi connectivity index (χ0v) is 18.5. The quantitative estimate of drug-likeness (QED) is 0.670. The van der Waals surface area contributed by atoms with Crippen molar-refractivity contribution in [2.24, 2.45) is 0 Å². The van der Waals surface area contributed by atoms with Gasteiger partial charge in [-0.15, -0.1) is 0 Å². The van der Waals surface area contributed by atoms with Crippen molar-refractivity contribution in [1.82, 2.24) is 30.0 Å². The van der Waals surface area contributed by atoms with E-state index in [1.54, 1.807) is 12.4 Å². The van der Waals surface area contributed by atoms with Gasteiger partial charge in [0.2, 0.25) is 0 Å². The number of hydrogen-bond donors (Lipinski definition) is 2. The zero-order chi connectivity index (χ0) is 22.0. The molecule has 0 unspecified atom stereocenters. The summed E-state index contributed by atoms with van der Waals surface area (Å²) in [5.41, 5.74) is 3.16. The first-order valence-electron chi connectivity index (χ1n) is 10.7. The van der Waals surface area contributed by atoms with Gasteiger partial charge in [-0.2, -0.15) is 5.10 Å². The van der Waals surface area contributed by atoms with Crippen molar-refractivity contribution in [3.05, 3.63) is 53.7 Å². The van der Waals surface area contributed by atoms with Gasteiger partial charge >= 0.3 is 0 Å². The third-order valence-electron chi connectivity index (χ3n) is 5.65. The minimum atomic E-state index is -0.0802. The number of carbonyl (C=O) groups is 1. The monoisotopic (exact) mass is 419 g/mol. The summed E-state index contributed by atoms with van der Waals surface area (Å²) in [7, 11) is 1.85. The summed E-state index contributed by atoms with van der Waals surface area (Å²) in [5.74, 6) is 1.51. The van der Waals surface area contributed by atoms with Gasteiger partial charge in [0.25, 0.3) is 5.91 Å². The molecule has 0 saturated carbocycles. The van der Waals surface area contributed by atoms with Gasteiger partial charge in [-0.1, -0.05) is 20.8 Å². The number of piperidine rings is 1. The van der Waals surface area contributed by atoms with Gasteiger partial charge in [-0.3, -0.25) is 14.9 Å². The number of anilines is 1. The number of nitrogens with one attached hydrogen (secondary N) is 2. The number of likely N-dealkylation sites (tertiary alicyclic amines) is 1. The third kappa shape index (κ3) is 4.57. The Labute approximate surface area is 182 Å². The summed E-state index contributed by atoms with van der Waals surface area (Å²) in [6, 6.07) is 7.68. The molecule has 162 valence electrons. The minimum absolute atomic E-state index is 0.0353. The Hall–Kier alpha value is -3.29. The van der Waals surface area contributed by atoms with E-state index in [4.69, 9.17) is 4.98 Å². The van der Waals surface area contributed by atoms with Crippen LogP contribution < -0.4 is 5.32 Å². The molecule has 1 fully saturated rings. The van der Waals surface area contributed by atoms with Crippen molar-refractivity contribution in [3.63, 3.8) is 0 Å². The van der Waals surface area contributed by atoms with Crippen LogP contribution >= 0.6 is 0 Å². The van der Waals surface area contributed by atoms with Gasteiger partial charge in [-0.25, -0.2) is 9.97 Å². The summed E-state index contributed by atoms with van der Waals surface area (Å²) in [5, 5.41) is 10.4. The summed E-state index contributed by atoms with van der Waals surface area (Å²) in [6.45, 7) is 7.63. The second-order valence-electron chi connectivity index (χ2n) is 9.00. The van der Waals surface area contributed by atoms with Crippen LogP contribution in [0, 0.1) is 0 Å². The average Bonchev–Trinajstić information content (AvgIpc) is 3.30. The number of pyridine rings is 1. The summed E-state index contributed by atoms with van der Waals surface area (Å²) in [6.07, 6.45) is 5.40. The van der Waals surface area contributed by atoms with E-state index in [-0.39, 0.29) is 17.2 Å². The Bertz CT molecular complexity index is 1060. The molecule has 1 saturated heterocycles. The van der Waals surface area contributed by atoms with Crippen molar-refractivity contribution in [3.8, 4) is 11.4 Å². The highest BCUT2D eigenvalue weighted by Crippen LogP contribution is 2.30. The molecule has 8 nitrogen and oxygen atoms in total. The topological polar surface area (TPSA) is 99.7 Å². The number of hydrogen-bond acceptors (Lipinski definition) is 6. The van der Waals surface area contributed by atoms with E-state index < -0.39 is 0 Å². The lowest BCUT2D eigenvalue weighted by Gasteiger charge is -2.32. The molecule has 31 heavy (non-hydrogen) atoms. The van der Waals surface area contributed by atoms with Crippen molar-refractivity contribution in [2.75, 3.05) is 25.5 Å². The van der Waals surface area contributed by atoms with Gasteiger partial charge in [-0.05, 0) is 31.0 Å². The number of aromatic amines is 1. The number of H-pyrrole nitrogens is 1. The predicted octanol–water partition coefficient (Wildman–Crippen LogP) is 3.62. The van der Waals surface area contributed by atoms with Crippen LogP contribution in [0.2, 0.25) is 0 Å². The predicted molar refractivity (Wildman–Crippen MR) is 120 cm³/mol. The first kappa shape index (κ1) is 21.0. The highest BCUT2D eigenvalue weighted by atomic mass is 16.2. The van der Waals surface area contributed by atoms with E-state index in [2.05, 4.69) is 46.3 Å². The summed E-state index contributed by atoms with van der Waals surface area (Å²) >= 11 is 0. The number of amides is 1. The number of aromatic nitrogens is 5. The highest BCUT2D eigenvalue weighted by Gasteiger charge is 2.29. The fourth-order valence-corrected chi connectivity index (χ4v) is 3.81. The molecule has 2 N–H and O–H groups in total. The fraction of sp³-hybridized carbons (Fsp3) is 0.435. The Morgan fingerprint density at radius 3 is 2.77 bits per heavy atom. The van der Waals surface area contributed by atoms with Gasteiger partial charge < -0.3 is 10.2 Å². The molecule has 1 amide bonds. The van der Waals surface area contributed by atoms with Crippen LogP contribution in [0.25, 0.3) is 11.4 Å². The van der Waals surface area contributed by atoms with Gasteiger partial charge in [0.05, 0.1) is 5.69 Å². The molecule has 1 aliphatic heterocycles. The maximum atomic E-state index is 13.1. The largest absolute Gasteiger partial charge is 0.373 e. The molecule has 8 heteroatoms. The van der Waals surface area contributed by atoms with Crippen LogP contribution in [-0.2, 0) is 5.41 Å². The Morgan fingerprint density at radius 2 is 2.10 bits per heavy atom. The van der Waals surface area contributed by atoms with E-state index in [0.717, 1.165) is 42.2 Å². The molecular formula is C23H29N7O. The van der Waals surface area contributed by atoms with Gasteiger partial charge in [0.1, 0.15) is 11.5 Å². The van der Waals surface area contributed by atoms with Crippen molar-refractivity contribution in [1.29, 1.82) is 0 Å². The van der Waals surface area contributed by atoms with E-state index >= 15 is 0 Å². The normalized spacial score (nSPS) is 16.9. The van der Waals surface area contributed by atoms with Crippen LogP contribution in [-0.4, -0.2) is 56.1 Å². The lowest BCUT2D eigenvalue weighted by molar-refractivity contribution is 0.0700. The molecule has 3 aromatic rings. The van der Waals surface area contributed by atoms with E-state index in [9.17, 15) is 4.79 Å². The SMILES string of the molecule is CNc1cc([C@H]2CCCN(C(=O)c3cc(C(C)(C)C)[nH]n3)C2)nc(-c2cccnc2)n1. The highest BCUT2D eigenvalue weighted by molar-refractivity contribution is 5.92. The minimum Gasteiger partial charge on any atom is -0.373 e. The molecule has 0 aliphatic carbocycles. The van der Waals surface area contributed by atoms with Crippen LogP contribution in [0.3, 0.4) is 0 Å². The van der Waals surface area contributed by atoms with Crippen molar-refractivity contribution < 1.29 is 4.79 Å². The Kier molecular flexibility index (Phi) is 5.71. The van der Waals surface area contributed by atoms with Crippen LogP contribution in [0.5, 0.6) is 0 Å². The van der Waals surface area contributed by atoms with E-state index in [1.165, 1.54) is 0 Å². The van der Waals surface area contributed by atoms with Crippen LogP contribution in [0.1, 0.15) is 61.4 Å². The summed E-state index contributed by atoms with van der Waals surface area (Å²) < 4.78 is 0. The molecular weight excluding hydrogens is 390 g/mol. The van der Waals surface area contributed by atoms with Crippen LogP contribution in [0.15, 0.2) is 36.7 Å². The molecule has 0 radical (unpaired) electrons. The lowest BCUT2D eigenvalue weighted by atomic mass is 9.92. The van der Waals surface area contributed by atoms with Crippen molar-refractivity contribution in [2.45, 2.75) is 44.9 Å². The summed E-state index contributed by atoms with van der Waals surface area (Å²) in [4.78, 5) is 28.6. The third-order valence-corrected chi connectivity index (χ3v) is 5.65. The molecule has 0 spiro atoms. The molecule has 0 bridgehead atoms. The second-order valence-corrected chi connectivity index (χ2v) is 9.00. The zero-order valence-electron chi connectivity index (χ0n) is 18.5. The van der Waals surface area contributed by atoms with Crippen molar-refractivity contribution >= 4 is 11.7 Å². The molecule has 3 aromatic heterocycles. The van der Waals surface area contributed by atoms with Gasteiger partial charge in [0, 0.05) is 61.2 Å². The Morgan fingerprint density at radius 1 is 1.26 bits per heavy atom. The molecule has 1 aliphatic rings. The van der Waals surface area contributed by atoms with E-state index in [0.29, 0.717) is 18.1 Å². The van der Waals surface area contributed by atoms with E-state index in [1.807, 2.05) is 36.2 Å². The lowest BCUT2D eigenvalue weighted by Crippen LogP contribution is -2.39. The molecule has 1 atom stereocenters. The van der Waals surface area contributed by atoms with Crippen LogP contribution in [0.4, 0.5) is 5.82 Å². The average molecular weight is 420 g/mol. The first-order chi connectivity index (χ1) is 14.8. The molecule has 0 aromatic carbocycles. The van der Waals surface area contributed by atoms with Gasteiger partial charge in [0.15, 0.2) is 5.82 Å². The number of carbonyl (C=O) groups excluding carboxylic acids is 1. The fourth-order valence-electron chi connectivity index (χ4n) is 3.81. The number of rotatable bonds is 4. The molecule has 4 rings (SSSR count). The second kappa shape index (κ2) is 8.45. The smallest absolute Gasteiger partial charge is 0.274 e. The molecule has 4 heterocycles. The maximum Gasteiger partial charge on any atom is 0.274 e. The first-order valence-corrected chi connectivity index (χ1v) is 10.7. The standard InChI is InChI=1S/C23H29N7O/c1-23(2,3)19-11-18(28-29-19)22(31)30-10-6-8-16(14-30)17-12-20(24-4)27-21(26-17)15-7-5-9-25-13-15/h5,7,9,11-13,16H,6,8,10,14H2,1-4H3,(H,28,29)(H,24,26,27)/t16-/m0/s1. The number of nitrogens with zero attached hydrogens (tertiary/aromatic N) is 5.